The minimum absolute atomic E-state index is 0.821. The molecule has 0 aliphatic rings. The molecule has 0 unspecified atom stereocenters. The van der Waals surface area contributed by atoms with Gasteiger partial charge in [-0.3, -0.25) is 4.98 Å². The van der Waals surface area contributed by atoms with Gasteiger partial charge < -0.3 is 4.90 Å². The van der Waals surface area contributed by atoms with Gasteiger partial charge in [-0.15, -0.1) is 0 Å². The van der Waals surface area contributed by atoms with Gasteiger partial charge in [0.15, 0.2) is 5.82 Å². The fourth-order valence-corrected chi connectivity index (χ4v) is 3.06. The summed E-state index contributed by atoms with van der Waals surface area (Å²) in [4.78, 5) is 11.5. The average Bonchev–Trinajstić information content (AvgIpc) is 3.04. The Hall–Kier alpha value is -3.05. The molecule has 4 rings (SSSR count). The fraction of sp³-hybridized carbons (Fsp3) is 0.190. The molecule has 26 heavy (non-hydrogen) atoms. The molecule has 0 aliphatic carbocycles. The van der Waals surface area contributed by atoms with Crippen molar-refractivity contribution in [3.05, 3.63) is 72.2 Å². The van der Waals surface area contributed by atoms with Gasteiger partial charge in [-0.1, -0.05) is 24.3 Å². The van der Waals surface area contributed by atoms with Crippen LogP contribution in [0, 0.1) is 6.92 Å². The third kappa shape index (κ3) is 3.21. The molecule has 0 spiro atoms. The van der Waals surface area contributed by atoms with Crippen LogP contribution in [0.25, 0.3) is 28.0 Å². The van der Waals surface area contributed by atoms with Crippen LogP contribution in [0.3, 0.4) is 0 Å². The van der Waals surface area contributed by atoms with Gasteiger partial charge in [-0.05, 0) is 51.4 Å². The van der Waals surface area contributed by atoms with Crippen LogP contribution >= 0.6 is 0 Å². The van der Waals surface area contributed by atoms with Crippen molar-refractivity contribution < 1.29 is 0 Å². The lowest BCUT2D eigenvalue weighted by Gasteiger charge is -2.10. The van der Waals surface area contributed by atoms with Gasteiger partial charge in [0.25, 0.3) is 0 Å². The van der Waals surface area contributed by atoms with Gasteiger partial charge in [0.05, 0.1) is 23.1 Å². The maximum absolute atomic E-state index is 4.80. The third-order valence-electron chi connectivity index (χ3n) is 4.24. The predicted octanol–water partition coefficient (Wildman–Crippen LogP) is 3.85. The van der Waals surface area contributed by atoms with Gasteiger partial charge in [-0.2, -0.15) is 5.10 Å². The van der Waals surface area contributed by atoms with Gasteiger partial charge in [0, 0.05) is 23.2 Å². The third-order valence-corrected chi connectivity index (χ3v) is 4.24. The van der Waals surface area contributed by atoms with Gasteiger partial charge >= 0.3 is 0 Å². The molecular weight excluding hydrogens is 322 g/mol. The number of rotatable bonds is 4. The summed E-state index contributed by atoms with van der Waals surface area (Å²) in [6, 6.07) is 18.4. The molecule has 0 atom stereocenters. The second kappa shape index (κ2) is 6.69. The van der Waals surface area contributed by atoms with Crippen LogP contribution in [0.15, 0.2) is 60.8 Å². The molecule has 3 heterocycles. The Kier molecular flexibility index (Phi) is 4.22. The molecule has 0 saturated carbocycles. The van der Waals surface area contributed by atoms with E-state index in [9.17, 15) is 0 Å². The van der Waals surface area contributed by atoms with Gasteiger partial charge in [0.2, 0.25) is 0 Å². The number of benzene rings is 1. The molecule has 0 N–H and O–H groups in total. The Morgan fingerprint density at radius 2 is 1.81 bits per heavy atom. The Bertz CT molecular complexity index is 1060. The predicted molar refractivity (Wildman–Crippen MR) is 104 cm³/mol. The smallest absolute Gasteiger partial charge is 0.154 e. The molecule has 130 valence electrons. The Morgan fingerprint density at radius 3 is 2.62 bits per heavy atom. The molecule has 0 aliphatic heterocycles. The van der Waals surface area contributed by atoms with E-state index in [1.165, 1.54) is 0 Å². The number of hydrogen-bond acceptors (Lipinski definition) is 4. The quantitative estimate of drug-likeness (QED) is 0.565. The second-order valence-corrected chi connectivity index (χ2v) is 6.72. The number of nitrogens with zero attached hydrogens (tertiary/aromatic N) is 5. The van der Waals surface area contributed by atoms with Gasteiger partial charge in [0.1, 0.15) is 0 Å². The first-order valence-electron chi connectivity index (χ1n) is 8.63. The summed E-state index contributed by atoms with van der Waals surface area (Å²) < 4.78 is 1.88. The van der Waals surface area contributed by atoms with E-state index in [1.54, 1.807) is 0 Å². The molecule has 1 aromatic carbocycles. The first-order chi connectivity index (χ1) is 12.6. The molecule has 0 fully saturated rings. The van der Waals surface area contributed by atoms with Crippen LogP contribution in [0.2, 0.25) is 0 Å². The standard InChI is InChI=1S/C21H21N5/c1-15-6-4-9-21(23-15)26-20-12-16(10-11-17(20)13-22-26)19-8-5-7-18(24-19)14-25(2)3/h4-13H,14H2,1-3H3. The van der Waals surface area contributed by atoms with Crippen LogP contribution in [0.4, 0.5) is 0 Å². The van der Waals surface area contributed by atoms with E-state index < -0.39 is 0 Å². The van der Waals surface area contributed by atoms with Crippen molar-refractivity contribution in [3.8, 4) is 17.1 Å². The second-order valence-electron chi connectivity index (χ2n) is 6.72. The van der Waals surface area contributed by atoms with E-state index in [4.69, 9.17) is 4.98 Å². The van der Waals surface area contributed by atoms with Crippen molar-refractivity contribution in [1.29, 1.82) is 0 Å². The van der Waals surface area contributed by atoms with Crippen molar-refractivity contribution in [1.82, 2.24) is 24.6 Å². The highest BCUT2D eigenvalue weighted by molar-refractivity contribution is 5.84. The summed E-state index contributed by atoms with van der Waals surface area (Å²) in [5, 5.41) is 5.61. The lowest BCUT2D eigenvalue weighted by atomic mass is 10.1. The normalized spacial score (nSPS) is 11.4. The summed E-state index contributed by atoms with van der Waals surface area (Å²) >= 11 is 0. The van der Waals surface area contributed by atoms with Crippen molar-refractivity contribution in [2.75, 3.05) is 14.1 Å². The Balaban J connectivity index is 1.79. The van der Waals surface area contributed by atoms with E-state index in [0.29, 0.717) is 0 Å². The number of pyridine rings is 2. The Labute approximate surface area is 152 Å². The van der Waals surface area contributed by atoms with Gasteiger partial charge in [-0.25, -0.2) is 9.67 Å². The molecule has 4 aromatic rings. The molecule has 0 bridgehead atoms. The minimum atomic E-state index is 0.821. The van der Waals surface area contributed by atoms with Crippen LogP contribution in [-0.2, 0) is 6.54 Å². The number of fused-ring (bicyclic) bond motifs is 1. The molecule has 0 radical (unpaired) electrons. The lowest BCUT2D eigenvalue weighted by molar-refractivity contribution is 0.397. The summed E-state index contributed by atoms with van der Waals surface area (Å²) in [6.45, 7) is 2.81. The van der Waals surface area contributed by atoms with Crippen molar-refractivity contribution in [2.24, 2.45) is 0 Å². The number of hydrogen-bond donors (Lipinski definition) is 0. The maximum Gasteiger partial charge on any atom is 0.154 e. The highest BCUT2D eigenvalue weighted by Crippen LogP contribution is 2.25. The summed E-state index contributed by atoms with van der Waals surface area (Å²) in [5.74, 6) is 0.825. The van der Waals surface area contributed by atoms with E-state index in [-0.39, 0.29) is 0 Å². The lowest BCUT2D eigenvalue weighted by Crippen LogP contribution is -2.11. The fourth-order valence-electron chi connectivity index (χ4n) is 3.06. The zero-order chi connectivity index (χ0) is 18.1. The highest BCUT2D eigenvalue weighted by Gasteiger charge is 2.09. The number of aryl methyl sites for hydroxylation is 1. The maximum atomic E-state index is 4.80. The minimum Gasteiger partial charge on any atom is -0.304 e. The average molecular weight is 343 g/mol. The molecule has 0 amide bonds. The van der Waals surface area contributed by atoms with E-state index in [0.717, 1.165) is 45.9 Å². The largest absolute Gasteiger partial charge is 0.304 e. The molecule has 0 saturated heterocycles. The van der Waals surface area contributed by atoms with Crippen LogP contribution < -0.4 is 0 Å². The van der Waals surface area contributed by atoms with Crippen molar-refractivity contribution in [3.63, 3.8) is 0 Å². The monoisotopic (exact) mass is 343 g/mol. The van der Waals surface area contributed by atoms with Crippen molar-refractivity contribution in [2.45, 2.75) is 13.5 Å². The van der Waals surface area contributed by atoms with E-state index >= 15 is 0 Å². The molecule has 5 nitrogen and oxygen atoms in total. The van der Waals surface area contributed by atoms with E-state index in [1.807, 2.05) is 56.2 Å². The van der Waals surface area contributed by atoms with Crippen LogP contribution in [0.1, 0.15) is 11.4 Å². The van der Waals surface area contributed by atoms with Crippen LogP contribution in [-0.4, -0.2) is 38.7 Å². The summed E-state index contributed by atoms with van der Waals surface area (Å²) in [6.07, 6.45) is 1.87. The SMILES string of the molecule is Cc1cccc(-n2ncc3ccc(-c4cccc(CN(C)C)n4)cc32)n1. The summed E-state index contributed by atoms with van der Waals surface area (Å²) in [7, 11) is 4.10. The summed E-state index contributed by atoms with van der Waals surface area (Å²) in [5.41, 5.74) is 5.10. The highest BCUT2D eigenvalue weighted by atomic mass is 15.3. The van der Waals surface area contributed by atoms with Crippen LogP contribution in [0.5, 0.6) is 0 Å². The first-order valence-corrected chi connectivity index (χ1v) is 8.63. The van der Waals surface area contributed by atoms with Crippen molar-refractivity contribution >= 4 is 10.9 Å². The molecular formula is C21H21N5. The molecule has 3 aromatic heterocycles. The number of aromatic nitrogens is 4. The zero-order valence-corrected chi connectivity index (χ0v) is 15.2. The zero-order valence-electron chi connectivity index (χ0n) is 15.2. The topological polar surface area (TPSA) is 46.8 Å². The molecule has 5 heteroatoms. The first kappa shape index (κ1) is 16.4. The van der Waals surface area contributed by atoms with E-state index in [2.05, 4.69) is 45.3 Å². The Morgan fingerprint density at radius 1 is 0.962 bits per heavy atom.